The number of rotatable bonds is 3. The van der Waals surface area contributed by atoms with Gasteiger partial charge in [-0.1, -0.05) is 12.1 Å². The van der Waals surface area contributed by atoms with Crippen LogP contribution in [0.5, 0.6) is 0 Å². The molecule has 3 unspecified atom stereocenters. The van der Waals surface area contributed by atoms with Crippen molar-refractivity contribution in [3.8, 4) is 0 Å². The SMILES string of the molecule is O=C1CCC(N2C(=O)c3cccc(CN4CC5CC4CN5)c3C2=O)C(=O)N1. The minimum atomic E-state index is -0.921. The summed E-state index contributed by atoms with van der Waals surface area (Å²) in [4.78, 5) is 52.9. The molecule has 3 atom stereocenters. The Bertz CT molecular complexity index is 882. The zero-order valence-electron chi connectivity index (χ0n) is 14.7. The van der Waals surface area contributed by atoms with E-state index in [9.17, 15) is 19.2 Å². The van der Waals surface area contributed by atoms with E-state index in [1.54, 1.807) is 12.1 Å². The summed E-state index contributed by atoms with van der Waals surface area (Å²) in [5.41, 5.74) is 1.58. The number of benzene rings is 1. The third-order valence-corrected chi connectivity index (χ3v) is 6.10. The Morgan fingerprint density at radius 3 is 2.67 bits per heavy atom. The number of fused-ring (bicyclic) bond motifs is 3. The molecule has 2 bridgehead atoms. The number of piperazine rings is 1. The number of nitrogens with one attached hydrogen (secondary N) is 2. The van der Waals surface area contributed by atoms with Gasteiger partial charge in [-0.05, 0) is 24.5 Å². The highest BCUT2D eigenvalue weighted by Gasteiger charge is 2.46. The standard InChI is InChI=1S/C19H20N4O4/c24-15-5-4-14(17(25)21-15)23-18(26)13-3-1-2-10(16(13)19(23)27)8-22-9-11-6-12(22)7-20-11/h1-3,11-12,14,20H,4-9H2,(H,21,24,25). The fourth-order valence-electron chi connectivity index (χ4n) is 4.78. The number of hydrogen-bond donors (Lipinski definition) is 2. The molecule has 0 aromatic heterocycles. The van der Waals surface area contributed by atoms with Crippen molar-refractivity contribution in [3.63, 3.8) is 0 Å². The maximum Gasteiger partial charge on any atom is 0.262 e. The average molecular weight is 368 g/mol. The molecule has 3 fully saturated rings. The van der Waals surface area contributed by atoms with Crippen LogP contribution in [-0.2, 0) is 16.1 Å². The van der Waals surface area contributed by atoms with Gasteiger partial charge >= 0.3 is 0 Å². The first kappa shape index (κ1) is 16.6. The molecule has 4 amide bonds. The van der Waals surface area contributed by atoms with Crippen molar-refractivity contribution in [1.29, 1.82) is 0 Å². The average Bonchev–Trinajstić information content (AvgIpc) is 3.32. The van der Waals surface area contributed by atoms with Crippen LogP contribution in [0.1, 0.15) is 45.5 Å². The van der Waals surface area contributed by atoms with E-state index in [2.05, 4.69) is 15.5 Å². The minimum Gasteiger partial charge on any atom is -0.311 e. The molecule has 0 aliphatic carbocycles. The fourth-order valence-corrected chi connectivity index (χ4v) is 4.78. The van der Waals surface area contributed by atoms with Gasteiger partial charge in [-0.2, -0.15) is 0 Å². The van der Waals surface area contributed by atoms with Gasteiger partial charge in [0.05, 0.1) is 11.1 Å². The van der Waals surface area contributed by atoms with E-state index < -0.39 is 23.8 Å². The molecule has 8 nitrogen and oxygen atoms in total. The van der Waals surface area contributed by atoms with Crippen molar-refractivity contribution in [2.75, 3.05) is 13.1 Å². The van der Waals surface area contributed by atoms with Crippen LogP contribution in [0.25, 0.3) is 0 Å². The second-order valence-electron chi connectivity index (χ2n) is 7.71. The Morgan fingerprint density at radius 1 is 1.11 bits per heavy atom. The molecule has 2 N–H and O–H groups in total. The predicted molar refractivity (Wildman–Crippen MR) is 93.7 cm³/mol. The van der Waals surface area contributed by atoms with Gasteiger partial charge in [-0.15, -0.1) is 0 Å². The van der Waals surface area contributed by atoms with E-state index in [1.807, 2.05) is 6.07 Å². The number of amides is 4. The van der Waals surface area contributed by atoms with Crippen LogP contribution < -0.4 is 10.6 Å². The van der Waals surface area contributed by atoms with Gasteiger partial charge in [0.2, 0.25) is 11.8 Å². The Kier molecular flexibility index (Phi) is 3.66. The monoisotopic (exact) mass is 368 g/mol. The quantitative estimate of drug-likeness (QED) is 0.707. The lowest BCUT2D eigenvalue weighted by Crippen LogP contribution is -2.54. The van der Waals surface area contributed by atoms with Crippen LogP contribution in [0.15, 0.2) is 18.2 Å². The topological polar surface area (TPSA) is 98.8 Å². The molecule has 4 aliphatic heterocycles. The van der Waals surface area contributed by atoms with Crippen molar-refractivity contribution >= 4 is 23.6 Å². The normalized spacial score (nSPS) is 30.2. The van der Waals surface area contributed by atoms with Gasteiger partial charge in [0, 0.05) is 38.1 Å². The van der Waals surface area contributed by atoms with Crippen LogP contribution in [0.4, 0.5) is 0 Å². The first-order chi connectivity index (χ1) is 13.0. The molecule has 1 aromatic rings. The van der Waals surface area contributed by atoms with Crippen LogP contribution in [-0.4, -0.2) is 64.6 Å². The lowest BCUT2D eigenvalue weighted by molar-refractivity contribution is -0.136. The van der Waals surface area contributed by atoms with E-state index in [-0.39, 0.29) is 18.7 Å². The minimum absolute atomic E-state index is 0.126. The first-order valence-electron chi connectivity index (χ1n) is 9.34. The summed E-state index contributed by atoms with van der Waals surface area (Å²) in [5, 5.41) is 5.68. The molecule has 5 rings (SSSR count). The molecule has 140 valence electrons. The third-order valence-electron chi connectivity index (χ3n) is 6.10. The summed E-state index contributed by atoms with van der Waals surface area (Å²) in [6.45, 7) is 2.51. The summed E-state index contributed by atoms with van der Waals surface area (Å²) >= 11 is 0. The van der Waals surface area contributed by atoms with Crippen LogP contribution in [0.3, 0.4) is 0 Å². The summed E-state index contributed by atoms with van der Waals surface area (Å²) in [5.74, 6) is -1.82. The highest BCUT2D eigenvalue weighted by Crippen LogP contribution is 2.32. The summed E-state index contributed by atoms with van der Waals surface area (Å²) < 4.78 is 0. The fraction of sp³-hybridized carbons (Fsp3) is 0.474. The Labute approximate surface area is 155 Å². The van der Waals surface area contributed by atoms with E-state index in [0.717, 1.165) is 30.0 Å². The highest BCUT2D eigenvalue weighted by atomic mass is 16.2. The summed E-state index contributed by atoms with van der Waals surface area (Å²) in [7, 11) is 0. The Balaban J connectivity index is 1.44. The molecular weight excluding hydrogens is 348 g/mol. The number of nitrogens with zero attached hydrogens (tertiary/aromatic N) is 2. The van der Waals surface area contributed by atoms with Gasteiger partial charge in [-0.25, -0.2) is 0 Å². The van der Waals surface area contributed by atoms with Gasteiger partial charge in [0.15, 0.2) is 0 Å². The number of hydrogen-bond acceptors (Lipinski definition) is 6. The molecule has 0 saturated carbocycles. The zero-order chi connectivity index (χ0) is 18.7. The lowest BCUT2D eigenvalue weighted by Gasteiger charge is -2.28. The van der Waals surface area contributed by atoms with Crippen LogP contribution in [0, 0.1) is 0 Å². The lowest BCUT2D eigenvalue weighted by atomic mass is 10.0. The number of likely N-dealkylation sites (tertiary alicyclic amines) is 1. The van der Waals surface area contributed by atoms with Crippen molar-refractivity contribution in [3.05, 3.63) is 34.9 Å². The number of carbonyl (C=O) groups is 4. The van der Waals surface area contributed by atoms with Crippen LogP contribution >= 0.6 is 0 Å². The number of imide groups is 2. The van der Waals surface area contributed by atoms with Gasteiger partial charge in [0.1, 0.15) is 6.04 Å². The van der Waals surface area contributed by atoms with Crippen LogP contribution in [0.2, 0.25) is 0 Å². The zero-order valence-corrected chi connectivity index (χ0v) is 14.7. The molecule has 4 aliphatic rings. The number of piperidine rings is 1. The van der Waals surface area contributed by atoms with E-state index in [0.29, 0.717) is 29.8 Å². The van der Waals surface area contributed by atoms with Crippen molar-refractivity contribution < 1.29 is 19.2 Å². The van der Waals surface area contributed by atoms with E-state index in [4.69, 9.17) is 0 Å². The first-order valence-corrected chi connectivity index (χ1v) is 9.34. The molecule has 0 radical (unpaired) electrons. The van der Waals surface area contributed by atoms with Crippen molar-refractivity contribution in [1.82, 2.24) is 20.4 Å². The molecule has 3 saturated heterocycles. The van der Waals surface area contributed by atoms with Crippen molar-refractivity contribution in [2.24, 2.45) is 0 Å². The number of carbonyl (C=O) groups excluding carboxylic acids is 4. The molecular formula is C19H20N4O4. The molecule has 0 spiro atoms. The van der Waals surface area contributed by atoms with Gasteiger partial charge in [-0.3, -0.25) is 34.3 Å². The molecule has 27 heavy (non-hydrogen) atoms. The van der Waals surface area contributed by atoms with E-state index in [1.165, 1.54) is 0 Å². The third kappa shape index (κ3) is 2.51. The summed E-state index contributed by atoms with van der Waals surface area (Å²) in [6.07, 6.45) is 1.41. The summed E-state index contributed by atoms with van der Waals surface area (Å²) in [6, 6.07) is 5.36. The largest absolute Gasteiger partial charge is 0.311 e. The second kappa shape index (κ2) is 5.97. The Hall–Kier alpha value is -2.58. The maximum atomic E-state index is 13.1. The molecule has 4 heterocycles. The second-order valence-corrected chi connectivity index (χ2v) is 7.71. The molecule has 1 aromatic carbocycles. The van der Waals surface area contributed by atoms with Gasteiger partial charge < -0.3 is 5.32 Å². The predicted octanol–water partition coefficient (Wildman–Crippen LogP) is -0.366. The van der Waals surface area contributed by atoms with Gasteiger partial charge in [0.25, 0.3) is 11.8 Å². The van der Waals surface area contributed by atoms with Crippen molar-refractivity contribution in [2.45, 2.75) is 43.9 Å². The highest BCUT2D eigenvalue weighted by molar-refractivity contribution is 6.24. The van der Waals surface area contributed by atoms with E-state index >= 15 is 0 Å². The molecule has 8 heteroatoms. The maximum absolute atomic E-state index is 13.1. The smallest absolute Gasteiger partial charge is 0.262 e. The Morgan fingerprint density at radius 2 is 1.96 bits per heavy atom.